The lowest BCUT2D eigenvalue weighted by atomic mass is 9.92. The van der Waals surface area contributed by atoms with E-state index in [1.54, 1.807) is 7.11 Å². The fraction of sp³-hybridized carbons (Fsp3) is 0.533. The Kier molecular flexibility index (Phi) is 3.34. The van der Waals surface area contributed by atoms with Gasteiger partial charge in [0.25, 0.3) is 0 Å². The van der Waals surface area contributed by atoms with Crippen LogP contribution in [0.3, 0.4) is 0 Å². The van der Waals surface area contributed by atoms with E-state index in [1.165, 1.54) is 5.56 Å². The van der Waals surface area contributed by atoms with Crippen LogP contribution in [0.5, 0.6) is 0 Å². The molecule has 0 N–H and O–H groups in total. The van der Waals surface area contributed by atoms with Gasteiger partial charge < -0.3 is 4.74 Å². The number of methoxy groups -OCH3 is 1. The van der Waals surface area contributed by atoms with Crippen molar-refractivity contribution in [3.8, 4) is 0 Å². The second-order valence-electron chi connectivity index (χ2n) is 5.42. The van der Waals surface area contributed by atoms with E-state index in [0.717, 1.165) is 24.8 Å². The monoisotopic (exact) mass is 232 g/mol. The molecule has 0 aliphatic heterocycles. The summed E-state index contributed by atoms with van der Waals surface area (Å²) in [6.07, 6.45) is 2.73. The molecule has 1 aromatic carbocycles. The van der Waals surface area contributed by atoms with Gasteiger partial charge in [0.05, 0.1) is 5.60 Å². The number of ketones is 1. The third-order valence-corrected chi connectivity index (χ3v) is 3.77. The minimum atomic E-state index is -0.130. The number of rotatable bonds is 4. The highest BCUT2D eigenvalue weighted by Crippen LogP contribution is 2.31. The van der Waals surface area contributed by atoms with Crippen LogP contribution in [0.1, 0.15) is 42.6 Å². The highest BCUT2D eigenvalue weighted by molar-refractivity contribution is 6.02. The second-order valence-corrected chi connectivity index (χ2v) is 5.42. The topological polar surface area (TPSA) is 26.3 Å². The van der Waals surface area contributed by atoms with Crippen LogP contribution in [0.4, 0.5) is 0 Å². The minimum Gasteiger partial charge on any atom is -0.379 e. The number of carbonyl (C=O) groups is 1. The van der Waals surface area contributed by atoms with Crippen LogP contribution in [0.15, 0.2) is 24.3 Å². The van der Waals surface area contributed by atoms with Gasteiger partial charge in [-0.1, -0.05) is 24.3 Å². The van der Waals surface area contributed by atoms with Crippen LogP contribution in [-0.2, 0) is 11.2 Å². The van der Waals surface area contributed by atoms with Gasteiger partial charge in [-0.3, -0.25) is 4.79 Å². The quantitative estimate of drug-likeness (QED) is 0.796. The molecule has 2 heteroatoms. The van der Waals surface area contributed by atoms with Crippen molar-refractivity contribution in [2.45, 2.75) is 38.7 Å². The van der Waals surface area contributed by atoms with Crippen molar-refractivity contribution >= 4 is 5.78 Å². The van der Waals surface area contributed by atoms with Gasteiger partial charge in [0, 0.05) is 18.6 Å². The Hall–Kier alpha value is -1.15. The molecule has 1 unspecified atom stereocenters. The van der Waals surface area contributed by atoms with Crippen molar-refractivity contribution in [3.63, 3.8) is 0 Å². The first kappa shape index (κ1) is 12.3. The van der Waals surface area contributed by atoms with Gasteiger partial charge in [-0.25, -0.2) is 0 Å². The zero-order valence-corrected chi connectivity index (χ0v) is 10.8. The zero-order chi connectivity index (χ0) is 12.5. The van der Waals surface area contributed by atoms with Crippen LogP contribution < -0.4 is 0 Å². The van der Waals surface area contributed by atoms with Crippen molar-refractivity contribution in [3.05, 3.63) is 35.4 Å². The zero-order valence-electron chi connectivity index (χ0n) is 10.8. The summed E-state index contributed by atoms with van der Waals surface area (Å²) in [7, 11) is 1.73. The smallest absolute Gasteiger partial charge is 0.166 e. The molecule has 0 radical (unpaired) electrons. The Morgan fingerprint density at radius 2 is 2.06 bits per heavy atom. The third kappa shape index (κ3) is 2.58. The normalized spacial score (nSPS) is 19.5. The summed E-state index contributed by atoms with van der Waals surface area (Å²) < 4.78 is 5.40. The van der Waals surface area contributed by atoms with Gasteiger partial charge in [-0.15, -0.1) is 0 Å². The van der Waals surface area contributed by atoms with Crippen LogP contribution >= 0.6 is 0 Å². The molecule has 2 nitrogen and oxygen atoms in total. The standard InChI is InChI=1S/C15H20O2/c1-15(2,17-3)9-8-12-10-11-6-4-5-7-13(11)14(12)16/h4-7,12H,8-10H2,1-3H3. The lowest BCUT2D eigenvalue weighted by Crippen LogP contribution is -2.24. The molecule has 92 valence electrons. The average Bonchev–Trinajstić information content (AvgIpc) is 2.65. The fourth-order valence-corrected chi connectivity index (χ4v) is 2.37. The summed E-state index contributed by atoms with van der Waals surface area (Å²) in [6.45, 7) is 4.14. The molecule has 2 rings (SSSR count). The molecule has 1 atom stereocenters. The maximum absolute atomic E-state index is 12.2. The Morgan fingerprint density at radius 1 is 1.35 bits per heavy atom. The molecular formula is C15H20O2. The molecule has 0 heterocycles. The number of benzene rings is 1. The predicted octanol–water partition coefficient (Wildman–Crippen LogP) is 3.25. The van der Waals surface area contributed by atoms with E-state index in [9.17, 15) is 4.79 Å². The number of carbonyl (C=O) groups excluding carboxylic acids is 1. The van der Waals surface area contributed by atoms with Gasteiger partial charge in [-0.05, 0) is 38.7 Å². The van der Waals surface area contributed by atoms with Gasteiger partial charge in [-0.2, -0.15) is 0 Å². The highest BCUT2D eigenvalue weighted by atomic mass is 16.5. The Bertz CT molecular complexity index is 421. The summed E-state index contributed by atoms with van der Waals surface area (Å²) in [4.78, 5) is 12.2. The van der Waals surface area contributed by atoms with Gasteiger partial charge in [0.15, 0.2) is 5.78 Å². The summed E-state index contributed by atoms with van der Waals surface area (Å²) in [5.74, 6) is 0.467. The van der Waals surface area contributed by atoms with Crippen molar-refractivity contribution in [1.29, 1.82) is 0 Å². The molecule has 1 aliphatic carbocycles. The lowest BCUT2D eigenvalue weighted by molar-refractivity contribution is 0.0110. The number of hydrogen-bond acceptors (Lipinski definition) is 2. The van der Waals surface area contributed by atoms with E-state index in [0.29, 0.717) is 5.78 Å². The number of Topliss-reactive ketones (excluding diaryl/α,β-unsaturated/α-hetero) is 1. The van der Waals surface area contributed by atoms with Gasteiger partial charge in [0.2, 0.25) is 0 Å². The number of ether oxygens (including phenoxy) is 1. The van der Waals surface area contributed by atoms with E-state index in [1.807, 2.05) is 18.2 Å². The van der Waals surface area contributed by atoms with E-state index < -0.39 is 0 Å². The Labute approximate surface area is 103 Å². The van der Waals surface area contributed by atoms with E-state index in [4.69, 9.17) is 4.74 Å². The van der Waals surface area contributed by atoms with E-state index in [2.05, 4.69) is 19.9 Å². The lowest BCUT2D eigenvalue weighted by Gasteiger charge is -2.23. The van der Waals surface area contributed by atoms with Crippen LogP contribution in [0.2, 0.25) is 0 Å². The van der Waals surface area contributed by atoms with Gasteiger partial charge >= 0.3 is 0 Å². The summed E-state index contributed by atoms with van der Waals surface area (Å²) in [5.41, 5.74) is 2.00. The van der Waals surface area contributed by atoms with E-state index in [-0.39, 0.29) is 11.5 Å². The molecule has 1 aromatic rings. The second kappa shape index (κ2) is 4.61. The first-order valence-electron chi connectivity index (χ1n) is 6.21. The number of fused-ring (bicyclic) bond motifs is 1. The molecule has 0 amide bonds. The largest absolute Gasteiger partial charge is 0.379 e. The van der Waals surface area contributed by atoms with Gasteiger partial charge in [0.1, 0.15) is 0 Å². The number of hydrogen-bond donors (Lipinski definition) is 0. The summed E-state index contributed by atoms with van der Waals surface area (Å²) in [5, 5.41) is 0. The molecule has 0 saturated carbocycles. The first-order chi connectivity index (χ1) is 8.03. The highest BCUT2D eigenvalue weighted by Gasteiger charge is 2.31. The van der Waals surface area contributed by atoms with Crippen LogP contribution in [-0.4, -0.2) is 18.5 Å². The maximum atomic E-state index is 12.2. The molecular weight excluding hydrogens is 212 g/mol. The van der Waals surface area contributed by atoms with Crippen molar-refractivity contribution < 1.29 is 9.53 Å². The van der Waals surface area contributed by atoms with Crippen molar-refractivity contribution in [2.24, 2.45) is 5.92 Å². The minimum absolute atomic E-state index is 0.130. The molecule has 17 heavy (non-hydrogen) atoms. The maximum Gasteiger partial charge on any atom is 0.166 e. The molecule has 0 fully saturated rings. The molecule has 0 bridgehead atoms. The van der Waals surface area contributed by atoms with Crippen molar-refractivity contribution in [2.75, 3.05) is 7.11 Å². The van der Waals surface area contributed by atoms with E-state index >= 15 is 0 Å². The Balaban J connectivity index is 2.01. The average molecular weight is 232 g/mol. The van der Waals surface area contributed by atoms with Crippen LogP contribution in [0, 0.1) is 5.92 Å². The van der Waals surface area contributed by atoms with Crippen LogP contribution in [0.25, 0.3) is 0 Å². The summed E-state index contributed by atoms with van der Waals surface area (Å²) >= 11 is 0. The third-order valence-electron chi connectivity index (χ3n) is 3.77. The fourth-order valence-electron chi connectivity index (χ4n) is 2.37. The SMILES string of the molecule is COC(C)(C)CCC1Cc2ccccc2C1=O. The predicted molar refractivity (Wildman–Crippen MR) is 68.3 cm³/mol. The molecule has 1 aliphatic rings. The first-order valence-corrected chi connectivity index (χ1v) is 6.21. The summed E-state index contributed by atoms with van der Waals surface area (Å²) in [6, 6.07) is 7.96. The molecule has 0 spiro atoms. The molecule has 0 saturated heterocycles. The molecule has 0 aromatic heterocycles. The Morgan fingerprint density at radius 3 is 2.71 bits per heavy atom. The van der Waals surface area contributed by atoms with Crippen molar-refractivity contribution in [1.82, 2.24) is 0 Å².